The van der Waals surface area contributed by atoms with Gasteiger partial charge in [0.2, 0.25) is 0 Å². The van der Waals surface area contributed by atoms with E-state index in [1.54, 1.807) is 6.07 Å². The number of aryl methyl sites for hydroxylation is 1. The Balaban J connectivity index is 2.20. The van der Waals surface area contributed by atoms with Gasteiger partial charge in [-0.3, -0.25) is 0 Å². The molecule has 1 unspecified atom stereocenters. The van der Waals surface area contributed by atoms with Gasteiger partial charge in [-0.25, -0.2) is 8.78 Å². The summed E-state index contributed by atoms with van der Waals surface area (Å²) in [6.07, 6.45) is 0.428. The third-order valence-corrected chi connectivity index (χ3v) is 3.15. The molecule has 100 valence electrons. The van der Waals surface area contributed by atoms with Gasteiger partial charge in [-0.15, -0.1) is 0 Å². The first-order chi connectivity index (χ1) is 8.95. The standard InChI is InChI=1S/C15H14ClF2N/c1-9-4-11(8-12(16)5-9)15(19)7-10-2-3-13(17)14(18)6-10/h2-6,8,15H,7,19H2,1H3. The van der Waals surface area contributed by atoms with E-state index < -0.39 is 11.6 Å². The van der Waals surface area contributed by atoms with Crippen LogP contribution in [0.3, 0.4) is 0 Å². The number of halogens is 3. The third kappa shape index (κ3) is 3.52. The SMILES string of the molecule is Cc1cc(Cl)cc(C(N)Cc2ccc(F)c(F)c2)c1. The number of nitrogens with two attached hydrogens (primary N) is 1. The Labute approximate surface area is 116 Å². The van der Waals surface area contributed by atoms with Crippen molar-refractivity contribution in [1.82, 2.24) is 0 Å². The minimum atomic E-state index is -0.855. The van der Waals surface area contributed by atoms with Crippen LogP contribution in [0.15, 0.2) is 36.4 Å². The summed E-state index contributed by atoms with van der Waals surface area (Å²) in [5, 5.41) is 0.621. The summed E-state index contributed by atoms with van der Waals surface area (Å²) in [5.74, 6) is -1.71. The molecule has 0 fully saturated rings. The highest BCUT2D eigenvalue weighted by Crippen LogP contribution is 2.22. The number of benzene rings is 2. The van der Waals surface area contributed by atoms with Gasteiger partial charge in [0.15, 0.2) is 11.6 Å². The lowest BCUT2D eigenvalue weighted by molar-refractivity contribution is 0.506. The maximum absolute atomic E-state index is 13.1. The second-order valence-corrected chi connectivity index (χ2v) is 5.06. The fraction of sp³-hybridized carbons (Fsp3) is 0.200. The van der Waals surface area contributed by atoms with Crippen molar-refractivity contribution < 1.29 is 8.78 Å². The van der Waals surface area contributed by atoms with E-state index in [4.69, 9.17) is 17.3 Å². The minimum Gasteiger partial charge on any atom is -0.324 e. The predicted octanol–water partition coefficient (Wildman–Crippen LogP) is 4.17. The Kier molecular flexibility index (Phi) is 4.17. The Morgan fingerprint density at radius 3 is 2.47 bits per heavy atom. The van der Waals surface area contributed by atoms with Gasteiger partial charge in [-0.05, 0) is 54.3 Å². The average Bonchev–Trinajstić information content (AvgIpc) is 2.32. The van der Waals surface area contributed by atoms with Crippen LogP contribution in [0.2, 0.25) is 5.02 Å². The summed E-state index contributed by atoms with van der Waals surface area (Å²) >= 11 is 5.98. The monoisotopic (exact) mass is 281 g/mol. The summed E-state index contributed by atoms with van der Waals surface area (Å²) in [4.78, 5) is 0. The maximum atomic E-state index is 13.1. The van der Waals surface area contributed by atoms with Gasteiger partial charge >= 0.3 is 0 Å². The van der Waals surface area contributed by atoms with Crippen LogP contribution in [0.25, 0.3) is 0 Å². The van der Waals surface area contributed by atoms with E-state index in [0.29, 0.717) is 17.0 Å². The second kappa shape index (κ2) is 5.68. The van der Waals surface area contributed by atoms with Crippen LogP contribution < -0.4 is 5.73 Å². The van der Waals surface area contributed by atoms with Crippen molar-refractivity contribution in [3.8, 4) is 0 Å². The summed E-state index contributed by atoms with van der Waals surface area (Å²) in [7, 11) is 0. The van der Waals surface area contributed by atoms with Crippen LogP contribution in [-0.2, 0) is 6.42 Å². The Morgan fingerprint density at radius 2 is 1.84 bits per heavy atom. The third-order valence-electron chi connectivity index (χ3n) is 2.93. The van der Waals surface area contributed by atoms with Crippen molar-refractivity contribution >= 4 is 11.6 Å². The summed E-state index contributed by atoms with van der Waals surface area (Å²) < 4.78 is 26.0. The molecule has 2 rings (SSSR count). The molecule has 0 aliphatic heterocycles. The van der Waals surface area contributed by atoms with Crippen LogP contribution in [0.4, 0.5) is 8.78 Å². The molecule has 0 aromatic heterocycles. The number of hydrogen-bond donors (Lipinski definition) is 1. The maximum Gasteiger partial charge on any atom is 0.159 e. The lowest BCUT2D eigenvalue weighted by Gasteiger charge is -2.13. The quantitative estimate of drug-likeness (QED) is 0.898. The minimum absolute atomic E-state index is 0.303. The van der Waals surface area contributed by atoms with Crippen molar-refractivity contribution in [3.63, 3.8) is 0 Å². The normalized spacial score (nSPS) is 12.5. The van der Waals surface area contributed by atoms with Crippen molar-refractivity contribution in [2.45, 2.75) is 19.4 Å². The van der Waals surface area contributed by atoms with Crippen LogP contribution in [0.1, 0.15) is 22.7 Å². The van der Waals surface area contributed by atoms with Gasteiger partial charge < -0.3 is 5.73 Å². The Bertz CT molecular complexity index is 578. The molecule has 0 heterocycles. The van der Waals surface area contributed by atoms with Crippen LogP contribution in [-0.4, -0.2) is 0 Å². The molecule has 0 spiro atoms. The predicted molar refractivity (Wildman–Crippen MR) is 73.2 cm³/mol. The largest absolute Gasteiger partial charge is 0.324 e. The van der Waals surface area contributed by atoms with Gasteiger partial charge in [0.05, 0.1) is 0 Å². The van der Waals surface area contributed by atoms with E-state index >= 15 is 0 Å². The average molecular weight is 282 g/mol. The first-order valence-electron chi connectivity index (χ1n) is 5.92. The highest BCUT2D eigenvalue weighted by molar-refractivity contribution is 6.30. The van der Waals surface area contributed by atoms with Crippen LogP contribution in [0.5, 0.6) is 0 Å². The Morgan fingerprint density at radius 1 is 1.11 bits per heavy atom. The zero-order chi connectivity index (χ0) is 14.0. The first-order valence-corrected chi connectivity index (χ1v) is 6.30. The zero-order valence-electron chi connectivity index (χ0n) is 10.5. The van der Waals surface area contributed by atoms with Crippen molar-refractivity contribution in [2.75, 3.05) is 0 Å². The molecule has 0 saturated heterocycles. The van der Waals surface area contributed by atoms with Crippen molar-refractivity contribution in [3.05, 3.63) is 69.7 Å². The molecule has 1 nitrogen and oxygen atoms in total. The number of hydrogen-bond acceptors (Lipinski definition) is 1. The van der Waals surface area contributed by atoms with E-state index in [1.165, 1.54) is 12.1 Å². The van der Waals surface area contributed by atoms with E-state index in [2.05, 4.69) is 0 Å². The van der Waals surface area contributed by atoms with Crippen LogP contribution in [0, 0.1) is 18.6 Å². The lowest BCUT2D eigenvalue weighted by atomic mass is 9.98. The fourth-order valence-electron chi connectivity index (χ4n) is 2.02. The molecule has 2 aromatic carbocycles. The number of rotatable bonds is 3. The molecule has 1 atom stereocenters. The molecule has 4 heteroatoms. The van der Waals surface area contributed by atoms with Gasteiger partial charge in [-0.1, -0.05) is 23.7 Å². The second-order valence-electron chi connectivity index (χ2n) is 4.62. The van der Waals surface area contributed by atoms with Crippen molar-refractivity contribution in [1.29, 1.82) is 0 Å². The molecule has 0 amide bonds. The molecule has 0 radical (unpaired) electrons. The molecular weight excluding hydrogens is 268 g/mol. The molecule has 0 bridgehead atoms. The van der Waals surface area contributed by atoms with Gasteiger partial charge in [-0.2, -0.15) is 0 Å². The highest BCUT2D eigenvalue weighted by atomic mass is 35.5. The zero-order valence-corrected chi connectivity index (χ0v) is 11.2. The van der Waals surface area contributed by atoms with Gasteiger partial charge in [0.25, 0.3) is 0 Å². The molecule has 0 aliphatic rings. The highest BCUT2D eigenvalue weighted by Gasteiger charge is 2.10. The molecule has 0 aliphatic carbocycles. The summed E-state index contributed by atoms with van der Waals surface area (Å²) in [6, 6.07) is 9.09. The summed E-state index contributed by atoms with van der Waals surface area (Å²) in [6.45, 7) is 1.93. The van der Waals surface area contributed by atoms with Gasteiger partial charge in [0.1, 0.15) is 0 Å². The smallest absolute Gasteiger partial charge is 0.159 e. The Hall–Kier alpha value is -1.45. The van der Waals surface area contributed by atoms with Gasteiger partial charge in [0, 0.05) is 11.1 Å². The van der Waals surface area contributed by atoms with E-state index in [9.17, 15) is 8.78 Å². The molecule has 2 aromatic rings. The van der Waals surface area contributed by atoms with Crippen molar-refractivity contribution in [2.24, 2.45) is 5.73 Å². The molecule has 2 N–H and O–H groups in total. The van der Waals surface area contributed by atoms with E-state index in [-0.39, 0.29) is 6.04 Å². The van der Waals surface area contributed by atoms with E-state index in [1.807, 2.05) is 19.1 Å². The van der Waals surface area contributed by atoms with E-state index in [0.717, 1.165) is 17.2 Å². The molecular formula is C15H14ClF2N. The van der Waals surface area contributed by atoms with Crippen LogP contribution >= 0.6 is 11.6 Å². The fourth-order valence-corrected chi connectivity index (χ4v) is 2.32. The lowest BCUT2D eigenvalue weighted by Crippen LogP contribution is -2.13. The summed E-state index contributed by atoms with van der Waals surface area (Å²) in [5.41, 5.74) is 8.64. The first kappa shape index (κ1) is 14.0. The topological polar surface area (TPSA) is 26.0 Å². The molecule has 19 heavy (non-hydrogen) atoms. The molecule has 0 saturated carbocycles.